The Balaban J connectivity index is 1.84. The zero-order chi connectivity index (χ0) is 16.8. The predicted octanol–water partition coefficient (Wildman–Crippen LogP) is 3.27. The summed E-state index contributed by atoms with van der Waals surface area (Å²) in [7, 11) is 0. The predicted molar refractivity (Wildman–Crippen MR) is 87.0 cm³/mol. The van der Waals surface area contributed by atoms with Crippen LogP contribution in [-0.2, 0) is 6.54 Å². The van der Waals surface area contributed by atoms with Gasteiger partial charge in [0.1, 0.15) is 5.75 Å². The molecule has 0 bridgehead atoms. The molecule has 23 heavy (non-hydrogen) atoms. The van der Waals surface area contributed by atoms with Crippen molar-refractivity contribution < 1.29 is 14.6 Å². The number of aromatic nitrogens is 3. The molecule has 6 nitrogen and oxygen atoms in total. The van der Waals surface area contributed by atoms with Crippen molar-refractivity contribution >= 4 is 5.97 Å². The highest BCUT2D eigenvalue weighted by atomic mass is 16.5. The maximum atomic E-state index is 11.2. The Kier molecular flexibility index (Phi) is 5.73. The van der Waals surface area contributed by atoms with Crippen LogP contribution in [0, 0.1) is 6.92 Å². The van der Waals surface area contributed by atoms with Gasteiger partial charge in [-0.3, -0.25) is 0 Å². The van der Waals surface area contributed by atoms with E-state index < -0.39 is 5.97 Å². The summed E-state index contributed by atoms with van der Waals surface area (Å²) in [5, 5.41) is 16.9. The molecule has 0 saturated heterocycles. The van der Waals surface area contributed by atoms with E-state index in [-0.39, 0.29) is 11.6 Å². The van der Waals surface area contributed by atoms with Crippen molar-refractivity contribution in [1.82, 2.24) is 15.0 Å². The summed E-state index contributed by atoms with van der Waals surface area (Å²) in [5.41, 5.74) is 1.90. The average Bonchev–Trinajstić information content (AvgIpc) is 2.91. The fourth-order valence-corrected chi connectivity index (χ4v) is 2.47. The lowest BCUT2D eigenvalue weighted by Gasteiger charge is -2.10. The van der Waals surface area contributed by atoms with Crippen LogP contribution in [0.15, 0.2) is 24.3 Å². The van der Waals surface area contributed by atoms with E-state index in [0.717, 1.165) is 18.6 Å². The summed E-state index contributed by atoms with van der Waals surface area (Å²) in [5.74, 6) is -0.0795. The van der Waals surface area contributed by atoms with Crippen LogP contribution in [0.4, 0.5) is 0 Å². The molecule has 0 saturated carbocycles. The summed E-state index contributed by atoms with van der Waals surface area (Å²) in [6.45, 7) is 7.20. The number of aromatic carboxylic acids is 1. The Labute approximate surface area is 136 Å². The number of hydrogen-bond acceptors (Lipinski definition) is 4. The number of hydrogen-bond donors (Lipinski definition) is 1. The third-order valence-electron chi connectivity index (χ3n) is 3.55. The number of rotatable bonds is 8. The van der Waals surface area contributed by atoms with E-state index in [0.29, 0.717) is 18.8 Å². The monoisotopic (exact) mass is 317 g/mol. The minimum atomic E-state index is -1.03. The van der Waals surface area contributed by atoms with Crippen LogP contribution in [0.25, 0.3) is 0 Å². The van der Waals surface area contributed by atoms with Gasteiger partial charge < -0.3 is 9.84 Å². The van der Waals surface area contributed by atoms with E-state index in [1.165, 1.54) is 5.56 Å². The van der Waals surface area contributed by atoms with Crippen molar-refractivity contribution in [3.05, 3.63) is 41.2 Å². The van der Waals surface area contributed by atoms with Crippen molar-refractivity contribution in [2.24, 2.45) is 0 Å². The lowest BCUT2D eigenvalue weighted by atomic mass is 10.1. The molecule has 0 aliphatic rings. The number of carboxylic acids is 1. The van der Waals surface area contributed by atoms with Crippen molar-refractivity contribution in [2.75, 3.05) is 6.61 Å². The van der Waals surface area contributed by atoms with Crippen molar-refractivity contribution in [3.63, 3.8) is 0 Å². The van der Waals surface area contributed by atoms with Gasteiger partial charge in [0.15, 0.2) is 5.69 Å². The van der Waals surface area contributed by atoms with Crippen molar-refractivity contribution in [3.8, 4) is 5.75 Å². The summed E-state index contributed by atoms with van der Waals surface area (Å²) in [6, 6.07) is 7.96. The summed E-state index contributed by atoms with van der Waals surface area (Å²) < 4.78 is 7.40. The lowest BCUT2D eigenvalue weighted by Crippen LogP contribution is -2.11. The molecule has 2 aromatic rings. The van der Waals surface area contributed by atoms with Gasteiger partial charge in [-0.05, 0) is 43.4 Å². The van der Waals surface area contributed by atoms with Gasteiger partial charge >= 0.3 is 5.97 Å². The molecule has 0 amide bonds. The fraction of sp³-hybridized carbons (Fsp3) is 0.471. The smallest absolute Gasteiger partial charge is 0.358 e. The Bertz CT molecular complexity index is 665. The molecule has 0 aliphatic carbocycles. The number of benzene rings is 1. The Hall–Kier alpha value is -2.37. The molecule has 124 valence electrons. The highest BCUT2D eigenvalue weighted by molar-refractivity contribution is 5.86. The lowest BCUT2D eigenvalue weighted by molar-refractivity contribution is 0.0688. The van der Waals surface area contributed by atoms with Gasteiger partial charge in [0.05, 0.1) is 12.3 Å². The maximum absolute atomic E-state index is 11.2. The highest BCUT2D eigenvalue weighted by Gasteiger charge is 2.20. The third kappa shape index (κ3) is 4.55. The van der Waals surface area contributed by atoms with E-state index in [1.54, 1.807) is 4.68 Å². The van der Waals surface area contributed by atoms with Crippen molar-refractivity contribution in [2.45, 2.75) is 46.1 Å². The number of aryl methyl sites for hydroxylation is 2. The minimum Gasteiger partial charge on any atom is -0.494 e. The first kappa shape index (κ1) is 17.0. The fourth-order valence-electron chi connectivity index (χ4n) is 2.47. The van der Waals surface area contributed by atoms with Crippen molar-refractivity contribution in [1.29, 1.82) is 0 Å². The Morgan fingerprint density at radius 1 is 1.35 bits per heavy atom. The number of ether oxygens (including phenoxy) is 1. The molecule has 2 rings (SSSR count). The molecule has 0 atom stereocenters. The number of carbonyl (C=O) groups is 1. The number of nitrogens with zero attached hydrogens (tertiary/aromatic N) is 3. The van der Waals surface area contributed by atoms with Gasteiger partial charge in [0.2, 0.25) is 0 Å². The summed E-state index contributed by atoms with van der Waals surface area (Å²) in [6.07, 6.45) is 1.72. The Morgan fingerprint density at radius 2 is 2.13 bits per heavy atom. The van der Waals surface area contributed by atoms with E-state index in [1.807, 2.05) is 45.0 Å². The van der Waals surface area contributed by atoms with Gasteiger partial charge in [-0.2, -0.15) is 0 Å². The topological polar surface area (TPSA) is 77.2 Å². The van der Waals surface area contributed by atoms with Gasteiger partial charge in [0, 0.05) is 6.54 Å². The molecule has 1 heterocycles. The first-order valence-corrected chi connectivity index (χ1v) is 7.85. The van der Waals surface area contributed by atoms with E-state index in [4.69, 9.17) is 9.84 Å². The molecule has 1 aromatic heterocycles. The molecule has 0 spiro atoms. The first-order chi connectivity index (χ1) is 11.0. The molecular weight excluding hydrogens is 294 g/mol. The molecule has 1 aromatic carbocycles. The third-order valence-corrected chi connectivity index (χ3v) is 3.55. The normalized spacial score (nSPS) is 11.0. The number of carboxylic acid groups (broad SMARTS) is 1. The number of unbranched alkanes of at least 4 members (excludes halogenated alkanes) is 1. The van der Waals surface area contributed by atoms with Crippen LogP contribution < -0.4 is 4.74 Å². The van der Waals surface area contributed by atoms with Crippen LogP contribution >= 0.6 is 0 Å². The molecule has 0 aliphatic heterocycles. The molecule has 0 unspecified atom stereocenters. The largest absolute Gasteiger partial charge is 0.494 e. The zero-order valence-electron chi connectivity index (χ0n) is 13.8. The molecule has 0 radical (unpaired) electrons. The summed E-state index contributed by atoms with van der Waals surface area (Å²) >= 11 is 0. The minimum absolute atomic E-state index is 0.0519. The van der Waals surface area contributed by atoms with Crippen LogP contribution in [0.2, 0.25) is 0 Å². The van der Waals surface area contributed by atoms with Gasteiger partial charge in [0.25, 0.3) is 0 Å². The average molecular weight is 317 g/mol. The van der Waals surface area contributed by atoms with Crippen LogP contribution in [-0.4, -0.2) is 32.7 Å². The SMILES string of the molecule is Cc1cccc(OCCCCn2nnc(C(=O)O)c2C(C)C)c1. The van der Waals surface area contributed by atoms with E-state index in [9.17, 15) is 4.79 Å². The van der Waals surface area contributed by atoms with Crippen LogP contribution in [0.1, 0.15) is 54.4 Å². The first-order valence-electron chi connectivity index (χ1n) is 7.85. The maximum Gasteiger partial charge on any atom is 0.358 e. The molecule has 0 fully saturated rings. The second kappa shape index (κ2) is 7.76. The second-order valence-corrected chi connectivity index (χ2v) is 5.88. The second-order valence-electron chi connectivity index (χ2n) is 5.88. The van der Waals surface area contributed by atoms with Crippen LogP contribution in [0.5, 0.6) is 5.75 Å². The van der Waals surface area contributed by atoms with Gasteiger partial charge in [-0.25, -0.2) is 9.48 Å². The van der Waals surface area contributed by atoms with E-state index in [2.05, 4.69) is 10.3 Å². The van der Waals surface area contributed by atoms with Crippen LogP contribution in [0.3, 0.4) is 0 Å². The standard InChI is InChI=1S/C17H23N3O3/c1-12(2)16-15(17(21)22)18-19-20(16)9-4-5-10-23-14-8-6-7-13(3)11-14/h6-8,11-12H,4-5,9-10H2,1-3H3,(H,21,22). The zero-order valence-corrected chi connectivity index (χ0v) is 13.8. The van der Waals surface area contributed by atoms with Gasteiger partial charge in [-0.15, -0.1) is 5.10 Å². The van der Waals surface area contributed by atoms with Gasteiger partial charge in [-0.1, -0.05) is 31.2 Å². The molecular formula is C17H23N3O3. The van der Waals surface area contributed by atoms with E-state index >= 15 is 0 Å². The quantitative estimate of drug-likeness (QED) is 0.756. The molecule has 1 N–H and O–H groups in total. The molecule has 6 heteroatoms. The Morgan fingerprint density at radius 3 is 2.78 bits per heavy atom. The highest BCUT2D eigenvalue weighted by Crippen LogP contribution is 2.18. The summed E-state index contributed by atoms with van der Waals surface area (Å²) in [4.78, 5) is 11.2.